The second-order valence-electron chi connectivity index (χ2n) is 28.1. The van der Waals surface area contributed by atoms with Crippen LogP contribution in [0.15, 0.2) is 170 Å². The van der Waals surface area contributed by atoms with Gasteiger partial charge < -0.3 is 104 Å². The Kier molecular flexibility index (Phi) is 29.7. The number of ketones is 7. The fourth-order valence-electron chi connectivity index (χ4n) is 9.31. The molecule has 7 atom stereocenters. The highest BCUT2D eigenvalue weighted by atomic mass is 16.5. The zero-order valence-corrected chi connectivity index (χ0v) is 75.9. The van der Waals surface area contributed by atoms with E-state index in [4.69, 9.17) is 75.4 Å². The summed E-state index contributed by atoms with van der Waals surface area (Å²) in [6, 6.07) is 18.5. The maximum atomic E-state index is 12.6. The highest BCUT2D eigenvalue weighted by molar-refractivity contribution is 5.90. The Labute approximate surface area is 865 Å². The fraction of sp³-hybridized carbons (Fsp3) is 0.467. The standard InChI is InChI=1S/7C15H21NO3/c7*1-11-4-6-13(7-5-11)9-16-15(18)14(10-19-3)8-12(2)17/h7*4-7,14H,8-10H2,1-3H3,(H,16,18)/i4D,5D,6D,7D,9D2,10D2,14D;2*3D3,4D,5D,6D,7D,9D2,10D2;9D2,10D2,14D;2*3D3,9D2,10D2;3D3,10D2. The summed E-state index contributed by atoms with van der Waals surface area (Å²) in [6.07, 6.45) is -5.02. The Morgan fingerprint density at radius 3 is 0.632 bits per heavy atom. The van der Waals surface area contributed by atoms with E-state index >= 15 is 0 Å². The highest BCUT2D eigenvalue weighted by Gasteiger charge is 2.26. The van der Waals surface area contributed by atoms with Crippen LogP contribution in [0, 0.1) is 89.8 Å². The Morgan fingerprint density at radius 2 is 0.436 bits per heavy atom. The zero-order chi connectivity index (χ0) is 148. The van der Waals surface area contributed by atoms with Crippen molar-refractivity contribution in [3.63, 3.8) is 0 Å². The number of benzene rings is 7. The van der Waals surface area contributed by atoms with E-state index in [1.54, 1.807) is 52.3 Å². The Balaban J connectivity index is 0.00000110. The SMILES string of the molecule is [2H]C([2H])(NC(=O)C([2H])(CC(C)=O)C([2H])([2H])OC)c1ccc(C)cc1.[2H]C([2H])([2H])OC([2H])([2H])C(CC(C)=O)C(=O)NC([2H])([2H])c1ccc(C)cc1.[2H]C([2H])([2H])OC([2H])([2H])C(CC(C)=O)C(=O)NC([2H])([2H])c1ccc(C)cc1.[2H]C([2H])([2H])OC([2H])([2H])C(CC(C)=O)C(=O)NCc1ccc(C)cc1.[2H]c1c([2H])c(C([2H])([2H])NC(=O)C(CC(C)=O)C([2H])([2H])OC([2H])([2H])[2H])c([2H])c([2H])c1C.[2H]c1c([2H])c(C([2H])([2H])NC(=O)C(CC(C)=O)C([2H])([2H])OC([2H])([2H])[2H])c([2H])c([2H])c1C.[2H]c1c([2H])c(C([2H])([2H])NC(=O)C([2H])(CC(C)=O)C([2H])([2H])OC)c([2H])c([2H])c1C. The largest absolute Gasteiger partial charge is 0.384 e. The average molecular weight is 1900 g/mol. The van der Waals surface area contributed by atoms with Crippen LogP contribution in [0.4, 0.5) is 0 Å². The van der Waals surface area contributed by atoms with Crippen LogP contribution in [0.3, 0.4) is 0 Å². The number of amides is 7. The predicted octanol–water partition coefficient (Wildman–Crippen LogP) is 13.0. The Morgan fingerprint density at radius 1 is 0.248 bits per heavy atom. The van der Waals surface area contributed by atoms with Gasteiger partial charge >= 0.3 is 0 Å². The molecule has 0 bridgehead atoms. The van der Waals surface area contributed by atoms with E-state index in [0.29, 0.717) is 0 Å². The van der Waals surface area contributed by atoms with Gasteiger partial charge in [-0.2, -0.15) is 0 Å². The monoisotopic (exact) mass is 1900 g/mol. The number of aryl methyl sites for hydroxylation is 4. The van der Waals surface area contributed by atoms with Crippen molar-refractivity contribution in [3.8, 4) is 0 Å². The van der Waals surface area contributed by atoms with Gasteiger partial charge in [0.1, 0.15) is 40.5 Å². The van der Waals surface area contributed by atoms with E-state index < -0.39 is 377 Å². The van der Waals surface area contributed by atoms with Gasteiger partial charge in [0, 0.05) is 143 Å². The van der Waals surface area contributed by atoms with E-state index in [2.05, 4.69) is 38.5 Å². The zero-order valence-electron chi connectivity index (χ0n) is 131. The third-order valence-electron chi connectivity index (χ3n) is 15.8. The van der Waals surface area contributed by atoms with Gasteiger partial charge in [0.05, 0.1) is 160 Å². The first-order valence-corrected chi connectivity index (χ1v) is 39.5. The topological polar surface area (TPSA) is 388 Å². The number of methoxy groups -OCH3 is 7. The molecule has 28 heteroatoms. The van der Waals surface area contributed by atoms with Gasteiger partial charge in [-0.1, -0.05) is 209 Å². The maximum Gasteiger partial charge on any atom is 0.226 e. The number of ether oxygens (including phenoxy) is 7. The van der Waals surface area contributed by atoms with E-state index in [1.165, 1.54) is 64.1 Å². The summed E-state index contributed by atoms with van der Waals surface area (Å²) in [5, 5.41) is 13.8. The van der Waals surface area contributed by atoms with Gasteiger partial charge in [0.2, 0.25) is 41.4 Å². The van der Waals surface area contributed by atoms with Crippen molar-refractivity contribution in [1.29, 1.82) is 0 Å². The molecule has 0 radical (unpaired) electrons. The van der Waals surface area contributed by atoms with Crippen LogP contribution in [0.2, 0.25) is 0 Å². The lowest BCUT2D eigenvalue weighted by atomic mass is 10.0. The molecule has 0 aliphatic rings. The molecule has 7 N–H and O–H groups in total. The number of carbonyl (C=O) groups excluding carboxylic acids is 14. The molecule has 728 valence electrons. The van der Waals surface area contributed by atoms with Gasteiger partial charge in [0.25, 0.3) is 0 Å². The first-order valence-electron chi connectivity index (χ1n) is 67.0. The minimum absolute atomic E-state index is 0.0111. The summed E-state index contributed by atoms with van der Waals surface area (Å²) < 4.78 is 452. The lowest BCUT2D eigenvalue weighted by molar-refractivity contribution is -0.130. The molecule has 0 aliphatic carbocycles. The minimum Gasteiger partial charge on any atom is -0.384 e. The summed E-state index contributed by atoms with van der Waals surface area (Å²) in [5.74, 6) is -27.9. The van der Waals surface area contributed by atoms with E-state index in [1.807, 2.05) is 67.9 Å². The summed E-state index contributed by atoms with van der Waals surface area (Å²) in [6.45, 7) is -17.9. The highest BCUT2D eigenvalue weighted by Crippen LogP contribution is 2.16. The third-order valence-corrected chi connectivity index (χ3v) is 15.8. The van der Waals surface area contributed by atoms with Crippen molar-refractivity contribution in [3.05, 3.63) is 247 Å². The van der Waals surface area contributed by atoms with E-state index in [0.717, 1.165) is 83.6 Å². The normalized spacial score (nSPS) is 20.3. The smallest absolute Gasteiger partial charge is 0.226 e. The van der Waals surface area contributed by atoms with Gasteiger partial charge in [-0.25, -0.2) is 0 Å². The molecule has 133 heavy (non-hydrogen) atoms. The molecule has 7 amide bonds. The second kappa shape index (κ2) is 70.0. The maximum absolute atomic E-state index is 12.6. The van der Waals surface area contributed by atoms with Crippen LogP contribution in [-0.2, 0) is 146 Å². The van der Waals surface area contributed by atoms with Gasteiger partial charge in [-0.05, 0) is 136 Å². The quantitative estimate of drug-likeness (QED) is 0.0186. The fourth-order valence-corrected chi connectivity index (χ4v) is 9.31. The van der Waals surface area contributed by atoms with Crippen LogP contribution in [0.25, 0.3) is 0 Å². The predicted molar refractivity (Wildman–Crippen MR) is 516 cm³/mol. The van der Waals surface area contributed by atoms with Crippen molar-refractivity contribution < 1.29 is 176 Å². The van der Waals surface area contributed by atoms with Crippen molar-refractivity contribution in [2.45, 2.75) is 187 Å². The van der Waals surface area contributed by atoms with Gasteiger partial charge in [0.15, 0.2) is 0 Å². The summed E-state index contributed by atoms with van der Waals surface area (Å²) in [5.41, 5.74) is 2.47. The first-order chi connectivity index (χ1) is 84.2. The molecule has 0 fully saturated rings. The molecule has 0 saturated heterocycles. The number of carbonyl (C=O) groups is 14. The van der Waals surface area contributed by atoms with Crippen molar-refractivity contribution in [2.75, 3.05) is 95.3 Å². The van der Waals surface area contributed by atoms with Gasteiger partial charge in [-0.3, -0.25) is 33.6 Å². The van der Waals surface area contributed by atoms with Gasteiger partial charge in [-0.15, -0.1) is 0 Å². The molecule has 0 aromatic heterocycles. The molecule has 0 heterocycles. The van der Waals surface area contributed by atoms with E-state index in [9.17, 15) is 67.1 Å². The lowest BCUT2D eigenvalue weighted by Crippen LogP contribution is -2.33. The van der Waals surface area contributed by atoms with Crippen LogP contribution >= 0.6 is 0 Å². The average Bonchev–Trinajstić information content (AvgIpc) is 0.751. The van der Waals surface area contributed by atoms with Crippen molar-refractivity contribution in [2.24, 2.45) is 41.4 Å². The first kappa shape index (κ1) is 56.4. The molecule has 7 aromatic rings. The Hall–Kier alpha value is -11.8. The van der Waals surface area contributed by atoms with Crippen molar-refractivity contribution >= 4 is 81.8 Å². The summed E-state index contributed by atoms with van der Waals surface area (Å²) in [7, 11) is -13.9. The van der Waals surface area contributed by atoms with Crippen LogP contribution < -0.4 is 37.2 Å². The molecule has 0 spiro atoms. The second-order valence-corrected chi connectivity index (χ2v) is 28.1. The van der Waals surface area contributed by atoms with Crippen molar-refractivity contribution in [1.82, 2.24) is 37.2 Å². The van der Waals surface area contributed by atoms with Crippen LogP contribution in [0.1, 0.15) is 247 Å². The third kappa shape index (κ3) is 58.0. The van der Waals surface area contributed by atoms with Crippen LogP contribution in [-0.4, -0.2) is 177 Å². The number of hydrogen-bond acceptors (Lipinski definition) is 21. The molecule has 7 aromatic carbocycles. The molecule has 28 nitrogen and oxygen atoms in total. The summed E-state index contributed by atoms with van der Waals surface area (Å²) in [4.78, 5) is 168. The molecule has 0 aliphatic heterocycles. The lowest BCUT2D eigenvalue weighted by Gasteiger charge is -2.14. The minimum atomic E-state index is -3.25. The number of Topliss-reactive ketones (excluding diaryl/α,β-unsaturated/α-hetero) is 7. The number of hydrogen-bond donors (Lipinski definition) is 7. The Bertz CT molecular complexity index is 7090. The molecular formula is C105H147N7O21. The number of rotatable bonds is 49. The molecule has 7 unspecified atom stereocenters. The molecule has 0 saturated carbocycles. The van der Waals surface area contributed by atoms with Crippen LogP contribution in [0.5, 0.6) is 0 Å². The molecular weight excluding hydrogens is 1700 g/mol. The number of nitrogens with one attached hydrogen (secondary N) is 7. The molecule has 7 rings (SSSR count). The van der Waals surface area contributed by atoms with E-state index in [-0.39, 0.29) is 39.9 Å². The summed E-state index contributed by atoms with van der Waals surface area (Å²) >= 11 is 0.